The number of benzene rings is 2. The van der Waals surface area contributed by atoms with Crippen molar-refractivity contribution >= 4 is 29.0 Å². The average Bonchev–Trinajstić information content (AvgIpc) is 2.69. The summed E-state index contributed by atoms with van der Waals surface area (Å²) >= 11 is 5.94. The average molecular weight is 376 g/mol. The Hall–Kier alpha value is -2.60. The molecule has 1 aliphatic heterocycles. The molecule has 2 amide bonds. The third-order valence-corrected chi connectivity index (χ3v) is 4.66. The van der Waals surface area contributed by atoms with Crippen LogP contribution in [0, 0.1) is 0 Å². The van der Waals surface area contributed by atoms with Crippen molar-refractivity contribution in [1.29, 1.82) is 0 Å². The van der Waals surface area contributed by atoms with Gasteiger partial charge in [0, 0.05) is 43.0 Å². The Morgan fingerprint density at radius 3 is 2.31 bits per heavy atom. The fourth-order valence-electron chi connectivity index (χ4n) is 2.92. The monoisotopic (exact) mass is 375 g/mol. The van der Waals surface area contributed by atoms with E-state index >= 15 is 0 Å². The van der Waals surface area contributed by atoms with Crippen molar-refractivity contribution in [2.24, 2.45) is 0 Å². The van der Waals surface area contributed by atoms with Gasteiger partial charge in [0.1, 0.15) is 11.5 Å². The largest absolute Gasteiger partial charge is 0.497 e. The van der Waals surface area contributed by atoms with Crippen molar-refractivity contribution in [2.45, 2.75) is 0 Å². The van der Waals surface area contributed by atoms with E-state index in [0.29, 0.717) is 30.3 Å². The SMILES string of the molecule is COc1ccc(NC(=O)N2CCN(c3ccc(Cl)cc3)CC2)c(OC)c1. The lowest BCUT2D eigenvalue weighted by Crippen LogP contribution is -2.50. The van der Waals surface area contributed by atoms with E-state index in [-0.39, 0.29) is 6.03 Å². The third-order valence-electron chi connectivity index (χ3n) is 4.41. The second-order valence-corrected chi connectivity index (χ2v) is 6.38. The van der Waals surface area contributed by atoms with E-state index in [1.165, 1.54) is 0 Å². The summed E-state index contributed by atoms with van der Waals surface area (Å²) in [5, 5.41) is 3.64. The van der Waals surface area contributed by atoms with Gasteiger partial charge in [-0.05, 0) is 36.4 Å². The van der Waals surface area contributed by atoms with Crippen LogP contribution in [0.4, 0.5) is 16.2 Å². The number of halogens is 1. The zero-order valence-electron chi connectivity index (χ0n) is 14.9. The molecule has 0 radical (unpaired) electrons. The molecule has 7 heteroatoms. The highest BCUT2D eigenvalue weighted by Gasteiger charge is 2.22. The minimum Gasteiger partial charge on any atom is -0.497 e. The van der Waals surface area contributed by atoms with Crippen molar-refractivity contribution in [3.8, 4) is 11.5 Å². The van der Waals surface area contributed by atoms with Crippen LogP contribution in [0.2, 0.25) is 5.02 Å². The summed E-state index contributed by atoms with van der Waals surface area (Å²) in [6.45, 7) is 2.84. The lowest BCUT2D eigenvalue weighted by Gasteiger charge is -2.36. The summed E-state index contributed by atoms with van der Waals surface area (Å²) < 4.78 is 10.5. The fraction of sp³-hybridized carbons (Fsp3) is 0.316. The number of urea groups is 1. The van der Waals surface area contributed by atoms with E-state index in [0.717, 1.165) is 23.8 Å². The lowest BCUT2D eigenvalue weighted by atomic mass is 10.2. The van der Waals surface area contributed by atoms with Crippen LogP contribution in [0.3, 0.4) is 0 Å². The number of piperazine rings is 1. The highest BCUT2D eigenvalue weighted by atomic mass is 35.5. The number of nitrogens with one attached hydrogen (secondary N) is 1. The summed E-state index contributed by atoms with van der Waals surface area (Å²) in [6.07, 6.45) is 0. The summed E-state index contributed by atoms with van der Waals surface area (Å²) in [6, 6.07) is 12.9. The summed E-state index contributed by atoms with van der Waals surface area (Å²) in [5.41, 5.74) is 1.74. The van der Waals surface area contributed by atoms with Crippen LogP contribution in [-0.2, 0) is 0 Å². The smallest absolute Gasteiger partial charge is 0.322 e. The molecule has 26 heavy (non-hydrogen) atoms. The van der Waals surface area contributed by atoms with Crippen LogP contribution >= 0.6 is 11.6 Å². The van der Waals surface area contributed by atoms with Gasteiger partial charge in [0.15, 0.2) is 0 Å². The molecule has 3 rings (SSSR count). The van der Waals surface area contributed by atoms with Gasteiger partial charge in [0.05, 0.1) is 19.9 Å². The molecule has 0 aliphatic carbocycles. The number of amides is 2. The number of anilines is 2. The lowest BCUT2D eigenvalue weighted by molar-refractivity contribution is 0.208. The van der Waals surface area contributed by atoms with Gasteiger partial charge in [0.2, 0.25) is 0 Å². The fourth-order valence-corrected chi connectivity index (χ4v) is 3.04. The summed E-state index contributed by atoms with van der Waals surface area (Å²) in [7, 11) is 3.16. The van der Waals surface area contributed by atoms with Crippen molar-refractivity contribution in [3.05, 3.63) is 47.5 Å². The molecule has 1 fully saturated rings. The van der Waals surface area contributed by atoms with E-state index in [1.807, 2.05) is 24.3 Å². The number of carbonyl (C=O) groups excluding carboxylic acids is 1. The zero-order chi connectivity index (χ0) is 18.5. The molecule has 138 valence electrons. The van der Waals surface area contributed by atoms with E-state index < -0.39 is 0 Å². The highest BCUT2D eigenvalue weighted by molar-refractivity contribution is 6.30. The van der Waals surface area contributed by atoms with E-state index in [9.17, 15) is 4.79 Å². The Morgan fingerprint density at radius 2 is 1.69 bits per heavy atom. The molecule has 1 N–H and O–H groups in total. The van der Waals surface area contributed by atoms with Crippen molar-refractivity contribution in [2.75, 3.05) is 50.6 Å². The van der Waals surface area contributed by atoms with Crippen LogP contribution in [-0.4, -0.2) is 51.3 Å². The number of methoxy groups -OCH3 is 2. The van der Waals surface area contributed by atoms with E-state index in [4.69, 9.17) is 21.1 Å². The molecule has 0 spiro atoms. The topological polar surface area (TPSA) is 54.0 Å². The van der Waals surface area contributed by atoms with Crippen LogP contribution in [0.1, 0.15) is 0 Å². The second-order valence-electron chi connectivity index (χ2n) is 5.95. The minimum atomic E-state index is -0.135. The van der Waals surface area contributed by atoms with E-state index in [2.05, 4.69) is 10.2 Å². The maximum atomic E-state index is 12.6. The molecule has 1 saturated heterocycles. The zero-order valence-corrected chi connectivity index (χ0v) is 15.6. The molecule has 0 aromatic heterocycles. The number of hydrogen-bond donors (Lipinski definition) is 1. The first-order valence-corrected chi connectivity index (χ1v) is 8.77. The number of ether oxygens (including phenoxy) is 2. The number of hydrogen-bond acceptors (Lipinski definition) is 4. The van der Waals surface area contributed by atoms with Gasteiger partial charge in [-0.2, -0.15) is 0 Å². The standard InChI is InChI=1S/C19H22ClN3O3/c1-25-16-7-8-17(18(13-16)26-2)21-19(24)23-11-9-22(10-12-23)15-5-3-14(20)4-6-15/h3-8,13H,9-12H2,1-2H3,(H,21,24). The Labute approximate surface area is 158 Å². The van der Waals surface area contributed by atoms with Crippen molar-refractivity contribution in [1.82, 2.24) is 4.90 Å². The predicted octanol–water partition coefficient (Wildman–Crippen LogP) is 3.71. The Kier molecular flexibility index (Phi) is 5.73. The molecule has 2 aromatic rings. The van der Waals surface area contributed by atoms with Crippen molar-refractivity contribution in [3.63, 3.8) is 0 Å². The van der Waals surface area contributed by atoms with Gasteiger partial charge in [-0.3, -0.25) is 0 Å². The van der Waals surface area contributed by atoms with Gasteiger partial charge < -0.3 is 24.6 Å². The first kappa shape index (κ1) is 18.2. The second kappa shape index (κ2) is 8.19. The number of nitrogens with zero attached hydrogens (tertiary/aromatic N) is 2. The quantitative estimate of drug-likeness (QED) is 0.885. The Bertz CT molecular complexity index is 759. The van der Waals surface area contributed by atoms with Gasteiger partial charge in [0.25, 0.3) is 0 Å². The number of rotatable bonds is 4. The van der Waals surface area contributed by atoms with Crippen LogP contribution in [0.15, 0.2) is 42.5 Å². The maximum absolute atomic E-state index is 12.6. The maximum Gasteiger partial charge on any atom is 0.322 e. The Morgan fingerprint density at radius 1 is 1.00 bits per heavy atom. The molecular formula is C19H22ClN3O3. The summed E-state index contributed by atoms with van der Waals surface area (Å²) in [5.74, 6) is 1.24. The molecule has 0 atom stereocenters. The van der Waals surface area contributed by atoms with Gasteiger partial charge in [-0.1, -0.05) is 11.6 Å². The van der Waals surface area contributed by atoms with Crippen LogP contribution in [0.25, 0.3) is 0 Å². The van der Waals surface area contributed by atoms with Crippen LogP contribution < -0.4 is 19.7 Å². The normalized spacial score (nSPS) is 14.1. The molecule has 0 saturated carbocycles. The summed E-state index contributed by atoms with van der Waals surface area (Å²) in [4.78, 5) is 16.6. The molecule has 0 unspecified atom stereocenters. The van der Waals surface area contributed by atoms with Crippen LogP contribution in [0.5, 0.6) is 11.5 Å². The van der Waals surface area contributed by atoms with Gasteiger partial charge in [-0.15, -0.1) is 0 Å². The molecule has 2 aromatic carbocycles. The molecule has 1 heterocycles. The molecule has 1 aliphatic rings. The molecule has 6 nitrogen and oxygen atoms in total. The molecular weight excluding hydrogens is 354 g/mol. The predicted molar refractivity (Wildman–Crippen MR) is 104 cm³/mol. The number of carbonyl (C=O) groups is 1. The Balaban J connectivity index is 1.59. The first-order valence-electron chi connectivity index (χ1n) is 8.39. The minimum absolute atomic E-state index is 0.135. The highest BCUT2D eigenvalue weighted by Crippen LogP contribution is 2.29. The van der Waals surface area contributed by atoms with Gasteiger partial charge >= 0.3 is 6.03 Å². The molecule has 0 bridgehead atoms. The van der Waals surface area contributed by atoms with E-state index in [1.54, 1.807) is 37.3 Å². The third kappa shape index (κ3) is 4.14. The first-order chi connectivity index (χ1) is 12.6. The van der Waals surface area contributed by atoms with Gasteiger partial charge in [-0.25, -0.2) is 4.79 Å². The van der Waals surface area contributed by atoms with Crippen molar-refractivity contribution < 1.29 is 14.3 Å².